The molecule has 0 heterocycles. The summed E-state index contributed by atoms with van der Waals surface area (Å²) in [7, 11) is -2.56. The van der Waals surface area contributed by atoms with Crippen LogP contribution in [0.3, 0.4) is 0 Å². The van der Waals surface area contributed by atoms with Gasteiger partial charge in [0.1, 0.15) is 0 Å². The second-order valence-corrected chi connectivity index (χ2v) is 5.01. The zero-order chi connectivity index (χ0) is 6.62. The van der Waals surface area contributed by atoms with Crippen LogP contribution in [0.5, 0.6) is 0 Å². The molecular weight excluding hydrogens is 128 g/mol. The van der Waals surface area contributed by atoms with Crippen molar-refractivity contribution in [3.05, 3.63) is 0 Å². The summed E-state index contributed by atoms with van der Waals surface area (Å²) in [5.41, 5.74) is 0. The average molecular weight is 138 g/mol. The van der Waals surface area contributed by atoms with Gasteiger partial charge < -0.3 is 0 Å². The van der Waals surface area contributed by atoms with Crippen LogP contribution in [0.25, 0.3) is 0 Å². The maximum Gasteiger partial charge on any atom is 0.405 e. The van der Waals surface area contributed by atoms with Crippen molar-refractivity contribution >= 4 is 8.56 Å². The molecule has 5 heteroatoms. The SMILES string of the molecule is CC[Si](C)(OO)OO. The van der Waals surface area contributed by atoms with Crippen molar-refractivity contribution in [2.24, 2.45) is 0 Å². The Balaban J connectivity index is 3.58. The molecule has 4 nitrogen and oxygen atoms in total. The van der Waals surface area contributed by atoms with E-state index in [9.17, 15) is 0 Å². The van der Waals surface area contributed by atoms with Crippen LogP contribution in [0.4, 0.5) is 0 Å². The molecule has 0 aromatic carbocycles. The fraction of sp³-hybridized carbons (Fsp3) is 1.00. The molecule has 0 saturated heterocycles. The monoisotopic (exact) mass is 138 g/mol. The molecule has 0 aliphatic carbocycles. The first kappa shape index (κ1) is 8.06. The third-order valence-corrected chi connectivity index (χ3v) is 3.09. The summed E-state index contributed by atoms with van der Waals surface area (Å²) >= 11 is 0. The minimum absolute atomic E-state index is 0.514. The van der Waals surface area contributed by atoms with Crippen molar-refractivity contribution < 1.29 is 19.7 Å². The molecule has 0 fully saturated rings. The summed E-state index contributed by atoms with van der Waals surface area (Å²) in [4.78, 5) is 0. The molecule has 0 aromatic heterocycles. The third-order valence-electron chi connectivity index (χ3n) is 1.03. The van der Waals surface area contributed by atoms with E-state index in [0.717, 1.165) is 0 Å². The van der Waals surface area contributed by atoms with Gasteiger partial charge in [-0.15, -0.1) is 0 Å². The van der Waals surface area contributed by atoms with Crippen LogP contribution in [0.1, 0.15) is 6.92 Å². The van der Waals surface area contributed by atoms with Gasteiger partial charge in [0.25, 0.3) is 0 Å². The van der Waals surface area contributed by atoms with Crippen molar-refractivity contribution in [3.8, 4) is 0 Å². The van der Waals surface area contributed by atoms with Crippen molar-refractivity contribution in [2.75, 3.05) is 0 Å². The minimum Gasteiger partial charge on any atom is -0.260 e. The van der Waals surface area contributed by atoms with Gasteiger partial charge in [0.15, 0.2) is 0 Å². The van der Waals surface area contributed by atoms with Crippen LogP contribution in [0, 0.1) is 0 Å². The molecule has 0 saturated carbocycles. The molecule has 0 atom stereocenters. The molecule has 0 aromatic rings. The van der Waals surface area contributed by atoms with Crippen LogP contribution in [-0.2, 0) is 9.15 Å². The molecule has 0 aliphatic rings. The van der Waals surface area contributed by atoms with Crippen LogP contribution >= 0.6 is 0 Å². The van der Waals surface area contributed by atoms with E-state index in [2.05, 4.69) is 9.15 Å². The first-order chi connectivity index (χ1) is 3.68. The standard InChI is InChI=1S/C3H10O4Si/c1-3-8(2,6-4)7-5/h4-5H,3H2,1-2H3. The summed E-state index contributed by atoms with van der Waals surface area (Å²) in [5.74, 6) is 0. The Hall–Kier alpha value is 0.0569. The summed E-state index contributed by atoms with van der Waals surface area (Å²) in [5, 5.41) is 16.1. The van der Waals surface area contributed by atoms with Gasteiger partial charge in [0.2, 0.25) is 0 Å². The Kier molecular flexibility index (Phi) is 3.18. The average Bonchev–Trinajstić information content (AvgIpc) is 1.87. The van der Waals surface area contributed by atoms with Crippen LogP contribution in [0.2, 0.25) is 12.6 Å². The minimum atomic E-state index is -2.56. The molecule has 0 unspecified atom stereocenters. The molecular formula is C3H10O4Si. The number of rotatable bonds is 3. The topological polar surface area (TPSA) is 58.9 Å². The quantitative estimate of drug-likeness (QED) is 0.348. The Morgan fingerprint density at radius 1 is 1.38 bits per heavy atom. The Bertz CT molecular complexity index is 54.0. The fourth-order valence-corrected chi connectivity index (χ4v) is 0.437. The molecule has 0 radical (unpaired) electrons. The largest absolute Gasteiger partial charge is 0.405 e. The van der Waals surface area contributed by atoms with Gasteiger partial charge in [-0.3, -0.25) is 19.7 Å². The molecule has 2 N–H and O–H groups in total. The van der Waals surface area contributed by atoms with E-state index in [0.29, 0.717) is 6.04 Å². The number of hydrogen-bond donors (Lipinski definition) is 2. The van der Waals surface area contributed by atoms with Crippen molar-refractivity contribution in [1.29, 1.82) is 0 Å². The Morgan fingerprint density at radius 2 is 1.75 bits per heavy atom. The lowest BCUT2D eigenvalue weighted by Gasteiger charge is -2.14. The first-order valence-electron chi connectivity index (χ1n) is 2.33. The molecule has 0 spiro atoms. The van der Waals surface area contributed by atoms with Gasteiger partial charge >= 0.3 is 8.56 Å². The van der Waals surface area contributed by atoms with E-state index < -0.39 is 8.56 Å². The molecule has 50 valence electrons. The van der Waals surface area contributed by atoms with Crippen molar-refractivity contribution in [3.63, 3.8) is 0 Å². The van der Waals surface area contributed by atoms with Gasteiger partial charge in [-0.1, -0.05) is 6.92 Å². The van der Waals surface area contributed by atoms with Gasteiger partial charge in [0.05, 0.1) is 0 Å². The maximum atomic E-state index is 8.06. The highest BCUT2D eigenvalue weighted by atomic mass is 28.4. The van der Waals surface area contributed by atoms with E-state index in [1.807, 2.05) is 0 Å². The van der Waals surface area contributed by atoms with Crippen molar-refractivity contribution in [2.45, 2.75) is 19.5 Å². The van der Waals surface area contributed by atoms with Crippen molar-refractivity contribution in [1.82, 2.24) is 0 Å². The second-order valence-electron chi connectivity index (χ2n) is 1.67. The van der Waals surface area contributed by atoms with Gasteiger partial charge in [-0.2, -0.15) is 0 Å². The zero-order valence-electron chi connectivity index (χ0n) is 4.92. The first-order valence-corrected chi connectivity index (χ1v) is 4.86. The van der Waals surface area contributed by atoms with Gasteiger partial charge in [-0.25, -0.2) is 0 Å². The molecule has 0 bridgehead atoms. The molecule has 0 amide bonds. The molecule has 0 aliphatic heterocycles. The van der Waals surface area contributed by atoms with E-state index in [-0.39, 0.29) is 0 Å². The second kappa shape index (κ2) is 3.16. The lowest BCUT2D eigenvalue weighted by atomic mass is 11.0. The molecule has 0 rings (SSSR count). The normalized spacial score (nSPS) is 12.0. The highest BCUT2D eigenvalue weighted by Gasteiger charge is 2.30. The maximum absolute atomic E-state index is 8.06. The summed E-state index contributed by atoms with van der Waals surface area (Å²) in [6.07, 6.45) is 0. The molecule has 8 heavy (non-hydrogen) atoms. The van der Waals surface area contributed by atoms with Crippen LogP contribution in [-0.4, -0.2) is 19.1 Å². The smallest absolute Gasteiger partial charge is 0.260 e. The highest BCUT2D eigenvalue weighted by molar-refractivity contribution is 6.65. The Labute approximate surface area is 48.8 Å². The van der Waals surface area contributed by atoms with E-state index >= 15 is 0 Å². The lowest BCUT2D eigenvalue weighted by Crippen LogP contribution is -2.35. The summed E-state index contributed by atoms with van der Waals surface area (Å²) < 4.78 is 7.81. The van der Waals surface area contributed by atoms with Crippen LogP contribution < -0.4 is 0 Å². The predicted molar refractivity (Wildman–Crippen MR) is 29.5 cm³/mol. The highest BCUT2D eigenvalue weighted by Crippen LogP contribution is 2.07. The number of hydrogen-bond acceptors (Lipinski definition) is 4. The lowest BCUT2D eigenvalue weighted by molar-refractivity contribution is -0.237. The van der Waals surface area contributed by atoms with E-state index in [1.54, 1.807) is 13.5 Å². The van der Waals surface area contributed by atoms with Crippen LogP contribution in [0.15, 0.2) is 0 Å². The van der Waals surface area contributed by atoms with Gasteiger partial charge in [-0.05, 0) is 12.6 Å². The van der Waals surface area contributed by atoms with E-state index in [1.165, 1.54) is 0 Å². The third kappa shape index (κ3) is 1.89. The fourth-order valence-electron chi connectivity index (χ4n) is 0.146. The Morgan fingerprint density at radius 3 is 1.75 bits per heavy atom. The van der Waals surface area contributed by atoms with E-state index in [4.69, 9.17) is 10.5 Å². The predicted octanol–water partition coefficient (Wildman–Crippen LogP) is 1.06. The summed E-state index contributed by atoms with van der Waals surface area (Å²) in [6.45, 7) is 3.31. The summed E-state index contributed by atoms with van der Waals surface area (Å²) in [6, 6.07) is 0.514. The van der Waals surface area contributed by atoms with Gasteiger partial charge in [0, 0.05) is 0 Å². The zero-order valence-corrected chi connectivity index (χ0v) is 5.92.